The van der Waals surface area contributed by atoms with E-state index < -0.39 is 17.4 Å². The number of carboxylic acid groups (broad SMARTS) is 2. The Morgan fingerprint density at radius 3 is 2.12 bits per heavy atom. The SMILES string of the molecule is Cc1cc(C)c(CCCCCCC(C(=O)O)C2CC2)c(CCCCCCC(C)(C)C(=O)O)c1. The molecule has 1 aliphatic carbocycles. The average molecular weight is 459 g/mol. The molecule has 1 aromatic carbocycles. The molecule has 4 heteroatoms. The normalized spacial score (nSPS) is 14.9. The minimum Gasteiger partial charge on any atom is -0.481 e. The summed E-state index contributed by atoms with van der Waals surface area (Å²) in [4.78, 5) is 22.6. The second kappa shape index (κ2) is 13.2. The third-order valence-corrected chi connectivity index (χ3v) is 7.49. The first kappa shape index (κ1) is 27.4. The molecule has 186 valence electrons. The lowest BCUT2D eigenvalue weighted by Gasteiger charge is -2.18. The number of unbranched alkanes of at least 4 members (excludes halogenated alkanes) is 6. The molecule has 0 spiro atoms. The van der Waals surface area contributed by atoms with Crippen LogP contribution < -0.4 is 0 Å². The summed E-state index contributed by atoms with van der Waals surface area (Å²) in [5.74, 6) is -0.954. The summed E-state index contributed by atoms with van der Waals surface area (Å²) in [5, 5.41) is 18.6. The number of hydrogen-bond donors (Lipinski definition) is 2. The summed E-state index contributed by atoms with van der Waals surface area (Å²) in [7, 11) is 0. The maximum Gasteiger partial charge on any atom is 0.309 e. The largest absolute Gasteiger partial charge is 0.481 e. The molecule has 1 atom stereocenters. The summed E-state index contributed by atoms with van der Waals surface area (Å²) >= 11 is 0. The third-order valence-electron chi connectivity index (χ3n) is 7.49. The summed E-state index contributed by atoms with van der Waals surface area (Å²) in [5.41, 5.74) is 5.10. The second-order valence-electron chi connectivity index (χ2n) is 11.1. The number of aliphatic carboxylic acids is 2. The predicted molar refractivity (Wildman–Crippen MR) is 135 cm³/mol. The Morgan fingerprint density at radius 1 is 0.909 bits per heavy atom. The average Bonchev–Trinajstić information content (AvgIpc) is 3.55. The van der Waals surface area contributed by atoms with Gasteiger partial charge in [0.1, 0.15) is 0 Å². The van der Waals surface area contributed by atoms with Gasteiger partial charge in [0.2, 0.25) is 0 Å². The summed E-state index contributed by atoms with van der Waals surface area (Å²) < 4.78 is 0. The molecule has 1 unspecified atom stereocenters. The Hall–Kier alpha value is -1.84. The Balaban J connectivity index is 1.72. The number of aryl methyl sites for hydroxylation is 3. The van der Waals surface area contributed by atoms with Crippen LogP contribution in [-0.2, 0) is 22.4 Å². The van der Waals surface area contributed by atoms with Crippen LogP contribution in [0.4, 0.5) is 0 Å². The molecule has 33 heavy (non-hydrogen) atoms. The third kappa shape index (κ3) is 9.51. The van der Waals surface area contributed by atoms with Gasteiger partial charge in [-0.3, -0.25) is 9.59 Å². The molecule has 1 aliphatic rings. The molecule has 0 radical (unpaired) electrons. The van der Waals surface area contributed by atoms with Crippen molar-refractivity contribution >= 4 is 11.9 Å². The fourth-order valence-electron chi connectivity index (χ4n) is 5.09. The first-order valence-corrected chi connectivity index (χ1v) is 13.2. The standard InChI is InChI=1S/C29H46O4/c1-21-19-22(2)25(14-10-5-6-11-15-26(27(30)31)23-16-17-23)24(20-21)13-9-7-8-12-18-29(3,4)28(32)33/h19-20,23,26H,5-18H2,1-4H3,(H,30,31)(H,32,33). The molecule has 4 nitrogen and oxygen atoms in total. The Bertz CT molecular complexity index is 776. The molecule has 1 saturated carbocycles. The van der Waals surface area contributed by atoms with Gasteiger partial charge in [-0.1, -0.05) is 56.2 Å². The smallest absolute Gasteiger partial charge is 0.309 e. The molecule has 0 heterocycles. The molecular weight excluding hydrogens is 412 g/mol. The van der Waals surface area contributed by atoms with E-state index >= 15 is 0 Å². The van der Waals surface area contributed by atoms with E-state index in [0.29, 0.717) is 5.92 Å². The van der Waals surface area contributed by atoms with Gasteiger partial charge in [-0.15, -0.1) is 0 Å². The zero-order valence-electron chi connectivity index (χ0n) is 21.4. The van der Waals surface area contributed by atoms with Gasteiger partial charge in [0.15, 0.2) is 0 Å². The summed E-state index contributed by atoms with van der Waals surface area (Å²) in [6.45, 7) is 8.03. The first-order chi connectivity index (χ1) is 15.6. The maximum absolute atomic E-state index is 11.4. The highest BCUT2D eigenvalue weighted by Crippen LogP contribution is 2.39. The molecule has 0 amide bonds. The predicted octanol–water partition coefficient (Wildman–Crippen LogP) is 7.51. The van der Waals surface area contributed by atoms with E-state index in [0.717, 1.165) is 77.0 Å². The lowest BCUT2D eigenvalue weighted by atomic mass is 9.86. The molecule has 1 aromatic rings. The maximum atomic E-state index is 11.4. The summed E-state index contributed by atoms with van der Waals surface area (Å²) in [6.07, 6.45) is 14.9. The lowest BCUT2D eigenvalue weighted by molar-refractivity contribution is -0.147. The Labute approximate surface area is 201 Å². The van der Waals surface area contributed by atoms with Gasteiger partial charge >= 0.3 is 11.9 Å². The highest BCUT2D eigenvalue weighted by Gasteiger charge is 2.35. The van der Waals surface area contributed by atoms with Crippen molar-refractivity contribution < 1.29 is 19.8 Å². The zero-order chi connectivity index (χ0) is 24.4. The van der Waals surface area contributed by atoms with Crippen molar-refractivity contribution in [2.45, 2.75) is 118 Å². The molecule has 2 N–H and O–H groups in total. The van der Waals surface area contributed by atoms with E-state index in [1.807, 2.05) is 13.8 Å². The van der Waals surface area contributed by atoms with Crippen molar-refractivity contribution in [2.75, 3.05) is 0 Å². The Kier molecular flexibility index (Phi) is 10.9. The molecule has 1 fully saturated rings. The van der Waals surface area contributed by atoms with E-state index in [9.17, 15) is 19.8 Å². The van der Waals surface area contributed by atoms with Crippen molar-refractivity contribution in [1.82, 2.24) is 0 Å². The van der Waals surface area contributed by atoms with Crippen LogP contribution >= 0.6 is 0 Å². The molecule has 0 aromatic heterocycles. The van der Waals surface area contributed by atoms with Crippen LogP contribution in [0.3, 0.4) is 0 Å². The number of carboxylic acids is 2. The van der Waals surface area contributed by atoms with Gasteiger partial charge in [0, 0.05) is 0 Å². The van der Waals surface area contributed by atoms with E-state index in [1.54, 1.807) is 0 Å². The van der Waals surface area contributed by atoms with Crippen LogP contribution in [-0.4, -0.2) is 22.2 Å². The molecule has 0 aliphatic heterocycles. The number of benzene rings is 1. The van der Waals surface area contributed by atoms with Gasteiger partial charge in [-0.2, -0.15) is 0 Å². The van der Waals surface area contributed by atoms with Crippen LogP contribution in [0.2, 0.25) is 0 Å². The van der Waals surface area contributed by atoms with Gasteiger partial charge in [-0.25, -0.2) is 0 Å². The van der Waals surface area contributed by atoms with E-state index in [-0.39, 0.29) is 5.92 Å². The highest BCUT2D eigenvalue weighted by molar-refractivity contribution is 5.73. The quantitative estimate of drug-likeness (QED) is 0.237. The molecular formula is C29H46O4. The number of rotatable bonds is 17. The van der Waals surface area contributed by atoms with Gasteiger partial charge < -0.3 is 10.2 Å². The zero-order valence-corrected chi connectivity index (χ0v) is 21.4. The molecule has 0 bridgehead atoms. The van der Waals surface area contributed by atoms with Crippen LogP contribution in [0.1, 0.15) is 113 Å². The van der Waals surface area contributed by atoms with Crippen molar-refractivity contribution in [2.24, 2.45) is 17.3 Å². The molecule has 0 saturated heterocycles. The van der Waals surface area contributed by atoms with Crippen LogP contribution in [0.15, 0.2) is 12.1 Å². The minimum absolute atomic E-state index is 0.105. The van der Waals surface area contributed by atoms with Crippen LogP contribution in [0, 0.1) is 31.1 Å². The van der Waals surface area contributed by atoms with Crippen molar-refractivity contribution in [1.29, 1.82) is 0 Å². The lowest BCUT2D eigenvalue weighted by Crippen LogP contribution is -2.23. The van der Waals surface area contributed by atoms with Crippen molar-refractivity contribution in [3.63, 3.8) is 0 Å². The number of carbonyl (C=O) groups is 2. The van der Waals surface area contributed by atoms with Gasteiger partial charge in [0.05, 0.1) is 11.3 Å². The van der Waals surface area contributed by atoms with Crippen LogP contribution in [0.5, 0.6) is 0 Å². The fourth-order valence-corrected chi connectivity index (χ4v) is 5.09. The van der Waals surface area contributed by atoms with Crippen molar-refractivity contribution in [3.05, 3.63) is 34.4 Å². The highest BCUT2D eigenvalue weighted by atomic mass is 16.4. The van der Waals surface area contributed by atoms with E-state index in [2.05, 4.69) is 26.0 Å². The Morgan fingerprint density at radius 2 is 1.52 bits per heavy atom. The van der Waals surface area contributed by atoms with Crippen molar-refractivity contribution in [3.8, 4) is 0 Å². The van der Waals surface area contributed by atoms with E-state index in [4.69, 9.17) is 0 Å². The van der Waals surface area contributed by atoms with Crippen LogP contribution in [0.25, 0.3) is 0 Å². The minimum atomic E-state index is -0.702. The van der Waals surface area contributed by atoms with Gasteiger partial charge in [-0.05, 0) is 102 Å². The monoisotopic (exact) mass is 458 g/mol. The number of hydrogen-bond acceptors (Lipinski definition) is 2. The second-order valence-corrected chi connectivity index (χ2v) is 11.1. The van der Waals surface area contributed by atoms with Gasteiger partial charge in [0.25, 0.3) is 0 Å². The first-order valence-electron chi connectivity index (χ1n) is 13.2. The molecule has 2 rings (SSSR count). The topological polar surface area (TPSA) is 74.6 Å². The van der Waals surface area contributed by atoms with E-state index in [1.165, 1.54) is 35.1 Å². The summed E-state index contributed by atoms with van der Waals surface area (Å²) in [6, 6.07) is 4.64. The fraction of sp³-hybridized carbons (Fsp3) is 0.724.